The number of piperidine rings is 1. The third kappa shape index (κ3) is 2.60. The van der Waals surface area contributed by atoms with Crippen molar-refractivity contribution in [2.45, 2.75) is 58.0 Å². The Kier molecular flexibility index (Phi) is 4.04. The molecule has 0 saturated carbocycles. The predicted molar refractivity (Wildman–Crippen MR) is 80.5 cm³/mol. The van der Waals surface area contributed by atoms with Crippen LogP contribution in [0.2, 0.25) is 0 Å². The van der Waals surface area contributed by atoms with Crippen LogP contribution in [0, 0.1) is 11.3 Å². The van der Waals surface area contributed by atoms with Crippen LogP contribution in [-0.2, 0) is 4.79 Å². The van der Waals surface area contributed by atoms with Gasteiger partial charge in [-0.25, -0.2) is 0 Å². The van der Waals surface area contributed by atoms with Gasteiger partial charge in [0, 0.05) is 24.0 Å². The molecular formula is C16H29N3O. The second kappa shape index (κ2) is 5.64. The van der Waals surface area contributed by atoms with Crippen molar-refractivity contribution in [2.75, 3.05) is 26.2 Å². The zero-order chi connectivity index (χ0) is 14.2. The minimum absolute atomic E-state index is 0.251. The van der Waals surface area contributed by atoms with Gasteiger partial charge in [-0.05, 0) is 57.7 Å². The van der Waals surface area contributed by atoms with Crippen LogP contribution in [0.5, 0.6) is 0 Å². The Labute approximate surface area is 122 Å². The molecule has 20 heavy (non-hydrogen) atoms. The molecule has 0 bridgehead atoms. The number of fused-ring (bicyclic) bond motifs is 1. The molecule has 3 atom stereocenters. The van der Waals surface area contributed by atoms with Crippen molar-refractivity contribution >= 4 is 5.91 Å². The summed E-state index contributed by atoms with van der Waals surface area (Å²) >= 11 is 0. The molecule has 3 aliphatic heterocycles. The average Bonchev–Trinajstić information content (AvgIpc) is 3.04. The third-order valence-electron chi connectivity index (χ3n) is 5.83. The zero-order valence-electron chi connectivity index (χ0n) is 13.0. The second-order valence-corrected chi connectivity index (χ2v) is 7.38. The lowest BCUT2D eigenvalue weighted by Gasteiger charge is -2.37. The number of amides is 1. The molecule has 114 valence electrons. The van der Waals surface area contributed by atoms with Crippen LogP contribution < -0.4 is 10.6 Å². The number of carbonyl (C=O) groups excluding carboxylic acids is 1. The zero-order valence-corrected chi connectivity index (χ0v) is 13.0. The molecule has 0 aromatic carbocycles. The summed E-state index contributed by atoms with van der Waals surface area (Å²) in [6.45, 7) is 8.74. The smallest absolute Gasteiger partial charge is 0.226 e. The molecule has 3 unspecified atom stereocenters. The minimum Gasteiger partial charge on any atom is -0.351 e. The van der Waals surface area contributed by atoms with Crippen LogP contribution in [0.4, 0.5) is 0 Å². The van der Waals surface area contributed by atoms with Gasteiger partial charge < -0.3 is 10.6 Å². The molecule has 1 amide bonds. The van der Waals surface area contributed by atoms with E-state index in [1.807, 2.05) is 0 Å². The molecule has 4 nitrogen and oxygen atoms in total. The van der Waals surface area contributed by atoms with Crippen LogP contribution in [0.15, 0.2) is 0 Å². The lowest BCUT2D eigenvalue weighted by atomic mass is 9.74. The summed E-state index contributed by atoms with van der Waals surface area (Å²) in [7, 11) is 0. The summed E-state index contributed by atoms with van der Waals surface area (Å²) in [5.41, 5.74) is -0.251. The summed E-state index contributed by atoms with van der Waals surface area (Å²) in [6.07, 6.45) is 6.06. The highest BCUT2D eigenvalue weighted by molar-refractivity contribution is 5.82. The number of nitrogens with zero attached hydrogens (tertiary/aromatic N) is 1. The highest BCUT2D eigenvalue weighted by Gasteiger charge is 2.42. The molecule has 3 heterocycles. The van der Waals surface area contributed by atoms with Gasteiger partial charge in [0.2, 0.25) is 5.91 Å². The molecule has 3 saturated heterocycles. The molecule has 0 radical (unpaired) electrons. The number of hydrogen-bond donors (Lipinski definition) is 2. The van der Waals surface area contributed by atoms with Gasteiger partial charge in [-0.2, -0.15) is 0 Å². The molecule has 0 aliphatic carbocycles. The maximum Gasteiger partial charge on any atom is 0.226 e. The van der Waals surface area contributed by atoms with Crippen molar-refractivity contribution in [1.82, 2.24) is 15.5 Å². The standard InChI is InChI=1S/C16H29N3O/c1-16(2,12-5-3-8-17-11-12)15(20)18-13-7-10-19-9-4-6-14(13)19/h12-14,17H,3-11H2,1-2H3,(H,18,20). The van der Waals surface area contributed by atoms with Crippen molar-refractivity contribution in [3.05, 3.63) is 0 Å². The van der Waals surface area contributed by atoms with E-state index in [2.05, 4.69) is 29.4 Å². The lowest BCUT2D eigenvalue weighted by Crippen LogP contribution is -2.52. The van der Waals surface area contributed by atoms with Gasteiger partial charge >= 0.3 is 0 Å². The fourth-order valence-electron chi connectivity index (χ4n) is 4.26. The molecular weight excluding hydrogens is 250 g/mol. The van der Waals surface area contributed by atoms with Crippen molar-refractivity contribution in [3.63, 3.8) is 0 Å². The molecule has 3 fully saturated rings. The molecule has 0 spiro atoms. The Morgan fingerprint density at radius 1 is 1.20 bits per heavy atom. The number of rotatable bonds is 3. The van der Waals surface area contributed by atoms with Crippen LogP contribution in [0.3, 0.4) is 0 Å². The van der Waals surface area contributed by atoms with Crippen LogP contribution in [0.25, 0.3) is 0 Å². The van der Waals surface area contributed by atoms with E-state index in [9.17, 15) is 4.79 Å². The Balaban J connectivity index is 1.60. The SMILES string of the molecule is CC(C)(C(=O)NC1CCN2CCCC12)C1CCCNC1. The molecule has 4 heteroatoms. The van der Waals surface area contributed by atoms with Gasteiger partial charge in [0.05, 0.1) is 0 Å². The predicted octanol–water partition coefficient (Wildman–Crippen LogP) is 1.37. The van der Waals surface area contributed by atoms with Gasteiger partial charge in [0.15, 0.2) is 0 Å². The molecule has 3 rings (SSSR count). The van der Waals surface area contributed by atoms with Crippen LogP contribution >= 0.6 is 0 Å². The average molecular weight is 279 g/mol. The van der Waals surface area contributed by atoms with Crippen molar-refractivity contribution in [1.29, 1.82) is 0 Å². The number of nitrogens with one attached hydrogen (secondary N) is 2. The quantitative estimate of drug-likeness (QED) is 0.820. The molecule has 0 aromatic rings. The molecule has 3 aliphatic rings. The fourth-order valence-corrected chi connectivity index (χ4v) is 4.26. The summed E-state index contributed by atoms with van der Waals surface area (Å²) < 4.78 is 0. The van der Waals surface area contributed by atoms with E-state index in [-0.39, 0.29) is 11.3 Å². The summed E-state index contributed by atoms with van der Waals surface area (Å²) in [6, 6.07) is 1.00. The number of carbonyl (C=O) groups is 1. The van der Waals surface area contributed by atoms with E-state index >= 15 is 0 Å². The third-order valence-corrected chi connectivity index (χ3v) is 5.83. The Hall–Kier alpha value is -0.610. The van der Waals surface area contributed by atoms with Crippen LogP contribution in [0.1, 0.15) is 46.0 Å². The maximum atomic E-state index is 12.8. The highest BCUT2D eigenvalue weighted by Crippen LogP contribution is 2.34. The van der Waals surface area contributed by atoms with Crippen molar-refractivity contribution in [3.8, 4) is 0 Å². The van der Waals surface area contributed by atoms with Gasteiger partial charge in [0.25, 0.3) is 0 Å². The Morgan fingerprint density at radius 3 is 2.80 bits per heavy atom. The summed E-state index contributed by atoms with van der Waals surface area (Å²) in [4.78, 5) is 15.3. The highest BCUT2D eigenvalue weighted by atomic mass is 16.2. The Bertz CT molecular complexity index is 363. The van der Waals surface area contributed by atoms with Crippen molar-refractivity contribution in [2.24, 2.45) is 11.3 Å². The van der Waals surface area contributed by atoms with E-state index in [1.54, 1.807) is 0 Å². The van der Waals surface area contributed by atoms with Gasteiger partial charge in [-0.15, -0.1) is 0 Å². The Morgan fingerprint density at radius 2 is 2.05 bits per heavy atom. The first-order valence-electron chi connectivity index (χ1n) is 8.35. The first kappa shape index (κ1) is 14.3. The molecule has 0 aromatic heterocycles. The van der Waals surface area contributed by atoms with Gasteiger partial charge in [0.1, 0.15) is 0 Å². The van der Waals surface area contributed by atoms with E-state index in [0.29, 0.717) is 18.0 Å². The summed E-state index contributed by atoms with van der Waals surface area (Å²) in [5.74, 6) is 0.738. The largest absolute Gasteiger partial charge is 0.351 e. The van der Waals surface area contributed by atoms with Crippen LogP contribution in [-0.4, -0.2) is 49.1 Å². The molecule has 2 N–H and O–H groups in total. The van der Waals surface area contributed by atoms with E-state index in [1.165, 1.54) is 38.8 Å². The van der Waals surface area contributed by atoms with Gasteiger partial charge in [-0.3, -0.25) is 9.69 Å². The second-order valence-electron chi connectivity index (χ2n) is 7.38. The summed E-state index contributed by atoms with van der Waals surface area (Å²) in [5, 5.41) is 6.82. The van der Waals surface area contributed by atoms with Gasteiger partial charge in [-0.1, -0.05) is 13.8 Å². The lowest BCUT2D eigenvalue weighted by molar-refractivity contribution is -0.133. The van der Waals surface area contributed by atoms with E-state index in [0.717, 1.165) is 19.5 Å². The maximum absolute atomic E-state index is 12.8. The van der Waals surface area contributed by atoms with Crippen molar-refractivity contribution < 1.29 is 4.79 Å². The van der Waals surface area contributed by atoms with E-state index < -0.39 is 0 Å². The fraction of sp³-hybridized carbons (Fsp3) is 0.938. The minimum atomic E-state index is -0.251. The number of hydrogen-bond acceptors (Lipinski definition) is 3. The topological polar surface area (TPSA) is 44.4 Å². The first-order valence-corrected chi connectivity index (χ1v) is 8.35. The monoisotopic (exact) mass is 279 g/mol. The first-order chi connectivity index (χ1) is 9.59. The normalized spacial score (nSPS) is 35.0. The van der Waals surface area contributed by atoms with E-state index in [4.69, 9.17) is 0 Å².